The summed E-state index contributed by atoms with van der Waals surface area (Å²) >= 11 is 7.20. The molecule has 0 saturated carbocycles. The number of aryl methyl sites for hydroxylation is 3. The van der Waals surface area contributed by atoms with Crippen LogP contribution in [0.1, 0.15) is 93.3 Å². The number of carbonyl (C=O) groups is 1. The SMILES string of the molecule is CCOC(=O)c1c(CCCOc2cccc3cc(F)ccc23)c2ccc(Cl)c3c2n1CCCCOC(CCC(C)(C)O)c1nn(C)c(CC)c1-3. The van der Waals surface area contributed by atoms with Crippen molar-refractivity contribution in [3.05, 3.63) is 82.0 Å². The first-order chi connectivity index (χ1) is 24.0. The molecule has 1 atom stereocenters. The molecular formula is C40H47ClFN3O5. The van der Waals surface area contributed by atoms with Gasteiger partial charge in [-0.25, -0.2) is 9.18 Å². The summed E-state index contributed by atoms with van der Waals surface area (Å²) in [7, 11) is 1.94. The number of hydrogen-bond acceptors (Lipinski definition) is 6. The molecule has 1 unspecified atom stereocenters. The third-order valence-corrected chi connectivity index (χ3v) is 9.89. The number of aliphatic hydroxyl groups is 1. The Hall–Kier alpha value is -3.92. The highest BCUT2D eigenvalue weighted by atomic mass is 35.5. The summed E-state index contributed by atoms with van der Waals surface area (Å²) < 4.78 is 36.4. The van der Waals surface area contributed by atoms with E-state index in [9.17, 15) is 14.3 Å². The number of nitrogens with zero attached hydrogens (tertiary/aromatic N) is 3. The minimum Gasteiger partial charge on any atom is -0.493 e. The summed E-state index contributed by atoms with van der Waals surface area (Å²) in [5.41, 5.74) is 5.02. The quantitative estimate of drug-likeness (QED) is 0.109. The third-order valence-electron chi connectivity index (χ3n) is 9.57. The van der Waals surface area contributed by atoms with Gasteiger partial charge in [-0.2, -0.15) is 5.10 Å². The third kappa shape index (κ3) is 7.27. The van der Waals surface area contributed by atoms with Crippen LogP contribution in [0.25, 0.3) is 32.8 Å². The lowest BCUT2D eigenvalue weighted by atomic mass is 9.92. The van der Waals surface area contributed by atoms with E-state index < -0.39 is 5.60 Å². The number of carbonyl (C=O) groups excluding carboxylic acids is 1. The van der Waals surface area contributed by atoms with Crippen molar-refractivity contribution in [2.24, 2.45) is 7.05 Å². The van der Waals surface area contributed by atoms with Crippen LogP contribution >= 0.6 is 11.6 Å². The molecule has 1 N–H and O–H groups in total. The van der Waals surface area contributed by atoms with Crippen molar-refractivity contribution >= 4 is 39.2 Å². The van der Waals surface area contributed by atoms with E-state index in [4.69, 9.17) is 30.9 Å². The molecule has 0 amide bonds. The van der Waals surface area contributed by atoms with Crippen LogP contribution in [0.3, 0.4) is 0 Å². The summed E-state index contributed by atoms with van der Waals surface area (Å²) in [6.07, 6.45) is 4.24. The first kappa shape index (κ1) is 35.9. The van der Waals surface area contributed by atoms with Gasteiger partial charge in [0.05, 0.1) is 35.0 Å². The smallest absolute Gasteiger partial charge is 0.355 e. The molecule has 0 radical (unpaired) electrons. The zero-order chi connectivity index (χ0) is 35.6. The standard InChI is InChI=1S/C40H47ClFN3O5/c1-6-31-35-34-30(41)18-17-29-28(13-11-23-49-32-14-10-12-25-24-26(42)15-16-27(25)32)38(39(46)48-7-2)45(37(29)34)21-8-9-22-50-33(19-20-40(3,4)47)36(35)43-44(31)5/h10,12,14-18,24,33,47H,6-9,11,13,19-23H2,1-5H3. The molecular weight excluding hydrogens is 657 g/mol. The van der Waals surface area contributed by atoms with E-state index in [1.165, 1.54) is 12.1 Å². The van der Waals surface area contributed by atoms with Crippen LogP contribution in [0.5, 0.6) is 5.75 Å². The van der Waals surface area contributed by atoms with Gasteiger partial charge in [-0.1, -0.05) is 36.7 Å². The summed E-state index contributed by atoms with van der Waals surface area (Å²) in [5.74, 6) is 0.0373. The number of ether oxygens (including phenoxy) is 3. The second-order valence-electron chi connectivity index (χ2n) is 13.7. The van der Waals surface area contributed by atoms with Crippen molar-refractivity contribution in [3.63, 3.8) is 0 Å². The summed E-state index contributed by atoms with van der Waals surface area (Å²) in [6.45, 7) is 9.29. The summed E-state index contributed by atoms with van der Waals surface area (Å²) in [6, 6.07) is 14.2. The van der Waals surface area contributed by atoms with Crippen LogP contribution in [0, 0.1) is 5.82 Å². The van der Waals surface area contributed by atoms with Crippen LogP contribution in [0.15, 0.2) is 48.5 Å². The molecule has 5 aromatic rings. The van der Waals surface area contributed by atoms with Gasteiger partial charge in [0.15, 0.2) is 0 Å². The summed E-state index contributed by atoms with van der Waals surface area (Å²) in [4.78, 5) is 13.9. The Morgan fingerprint density at radius 2 is 1.92 bits per heavy atom. The van der Waals surface area contributed by atoms with Gasteiger partial charge in [-0.05, 0) is 107 Å². The molecule has 0 aliphatic carbocycles. The first-order valence-corrected chi connectivity index (χ1v) is 18.1. The van der Waals surface area contributed by atoms with Crippen molar-refractivity contribution < 1.29 is 28.5 Å². The van der Waals surface area contributed by atoms with E-state index in [2.05, 4.69) is 11.5 Å². The number of fused-ring (bicyclic) bond motifs is 3. The van der Waals surface area contributed by atoms with Gasteiger partial charge in [0.1, 0.15) is 23.4 Å². The monoisotopic (exact) mass is 703 g/mol. The normalized spacial score (nSPS) is 15.2. The van der Waals surface area contributed by atoms with E-state index in [0.717, 1.165) is 62.6 Å². The summed E-state index contributed by atoms with van der Waals surface area (Å²) in [5, 5.41) is 18.8. The molecule has 0 spiro atoms. The highest BCUT2D eigenvalue weighted by molar-refractivity contribution is 6.35. The number of benzene rings is 3. The maximum absolute atomic E-state index is 13.9. The van der Waals surface area contributed by atoms with Gasteiger partial charge >= 0.3 is 5.97 Å². The molecule has 0 bridgehead atoms. The first-order valence-electron chi connectivity index (χ1n) is 17.7. The predicted molar refractivity (Wildman–Crippen MR) is 196 cm³/mol. The average molecular weight is 704 g/mol. The van der Waals surface area contributed by atoms with Crippen molar-refractivity contribution in [2.45, 2.75) is 90.9 Å². The fourth-order valence-corrected chi connectivity index (χ4v) is 7.53. The lowest BCUT2D eigenvalue weighted by molar-refractivity contribution is 0.00953. The fraction of sp³-hybridized carbons (Fsp3) is 0.450. The van der Waals surface area contributed by atoms with Crippen LogP contribution in [-0.4, -0.2) is 50.8 Å². The fourth-order valence-electron chi connectivity index (χ4n) is 7.29. The van der Waals surface area contributed by atoms with Crippen LogP contribution in [0.4, 0.5) is 4.39 Å². The number of esters is 1. The van der Waals surface area contributed by atoms with E-state index in [1.54, 1.807) is 6.07 Å². The van der Waals surface area contributed by atoms with Gasteiger partial charge in [0, 0.05) is 47.8 Å². The highest BCUT2D eigenvalue weighted by Gasteiger charge is 2.33. The van der Waals surface area contributed by atoms with Crippen molar-refractivity contribution in [2.75, 3.05) is 19.8 Å². The molecule has 266 valence electrons. The molecule has 1 aliphatic heterocycles. The molecule has 1 aliphatic rings. The van der Waals surface area contributed by atoms with Crippen LogP contribution in [-0.2, 0) is 35.9 Å². The van der Waals surface area contributed by atoms with Gasteiger partial charge in [-0.15, -0.1) is 0 Å². The Morgan fingerprint density at radius 3 is 2.68 bits per heavy atom. The lowest BCUT2D eigenvalue weighted by Gasteiger charge is -2.23. The van der Waals surface area contributed by atoms with Gasteiger partial charge in [0.2, 0.25) is 0 Å². The van der Waals surface area contributed by atoms with Crippen LogP contribution < -0.4 is 4.74 Å². The van der Waals surface area contributed by atoms with Crippen molar-refractivity contribution in [1.82, 2.24) is 14.3 Å². The molecule has 0 saturated heterocycles. The van der Waals surface area contributed by atoms with Crippen LogP contribution in [0.2, 0.25) is 5.02 Å². The maximum Gasteiger partial charge on any atom is 0.355 e. The van der Waals surface area contributed by atoms with E-state index >= 15 is 0 Å². The zero-order valence-electron chi connectivity index (χ0n) is 29.7. The Balaban J connectivity index is 1.47. The van der Waals surface area contributed by atoms with E-state index in [0.29, 0.717) is 68.3 Å². The molecule has 8 nitrogen and oxygen atoms in total. The van der Waals surface area contributed by atoms with Crippen molar-refractivity contribution in [1.29, 1.82) is 0 Å². The Morgan fingerprint density at radius 1 is 1.12 bits per heavy atom. The maximum atomic E-state index is 13.9. The second-order valence-corrected chi connectivity index (χ2v) is 14.1. The number of halogens is 2. The predicted octanol–water partition coefficient (Wildman–Crippen LogP) is 9.14. The van der Waals surface area contributed by atoms with E-state index in [-0.39, 0.29) is 24.5 Å². The molecule has 6 rings (SSSR count). The Labute approximate surface area is 298 Å². The number of aromatic nitrogens is 3. The molecule has 3 heterocycles. The largest absolute Gasteiger partial charge is 0.493 e. The molecule has 2 aromatic heterocycles. The van der Waals surface area contributed by atoms with Crippen molar-refractivity contribution in [3.8, 4) is 16.9 Å². The Kier molecular flexibility index (Phi) is 10.9. The number of rotatable bonds is 11. The molecule has 50 heavy (non-hydrogen) atoms. The molecule has 3 aromatic carbocycles. The minimum absolute atomic E-state index is 0.252. The molecule has 10 heteroatoms. The minimum atomic E-state index is -0.858. The van der Waals surface area contributed by atoms with Gasteiger partial charge in [-0.3, -0.25) is 4.68 Å². The topological polar surface area (TPSA) is 87.7 Å². The zero-order valence-corrected chi connectivity index (χ0v) is 30.4. The number of hydrogen-bond donors (Lipinski definition) is 1. The molecule has 0 fully saturated rings. The average Bonchev–Trinajstić information content (AvgIpc) is 3.56. The van der Waals surface area contributed by atoms with Gasteiger partial charge < -0.3 is 23.9 Å². The Bertz CT molecular complexity index is 2010. The highest BCUT2D eigenvalue weighted by Crippen LogP contribution is 2.45. The van der Waals surface area contributed by atoms with Gasteiger partial charge in [0.25, 0.3) is 0 Å². The lowest BCUT2D eigenvalue weighted by Crippen LogP contribution is -2.20. The van der Waals surface area contributed by atoms with E-state index in [1.807, 2.05) is 62.8 Å². The second kappa shape index (κ2) is 15.1.